The van der Waals surface area contributed by atoms with Crippen molar-refractivity contribution in [1.29, 1.82) is 0 Å². The first-order chi connectivity index (χ1) is 19.1. The van der Waals surface area contributed by atoms with E-state index in [1.165, 1.54) is 41.1 Å². The van der Waals surface area contributed by atoms with Gasteiger partial charge >= 0.3 is 12.4 Å². The number of carbonyl (C=O) groups is 1. The summed E-state index contributed by atoms with van der Waals surface area (Å²) in [5.74, 6) is -1.59. The first-order valence-corrected chi connectivity index (χ1v) is 12.6. The summed E-state index contributed by atoms with van der Waals surface area (Å²) < 4.78 is 71.8. The number of halogens is 6. The van der Waals surface area contributed by atoms with Gasteiger partial charge in [-0.3, -0.25) is 9.47 Å². The van der Waals surface area contributed by atoms with E-state index in [2.05, 4.69) is 19.9 Å². The Morgan fingerprint density at radius 3 is 2.70 bits per heavy atom. The summed E-state index contributed by atoms with van der Waals surface area (Å²) in [5, 5.41) is 3.61. The predicted octanol–water partition coefficient (Wildman–Crippen LogP) is 6.70. The van der Waals surface area contributed by atoms with Gasteiger partial charge in [0.15, 0.2) is 0 Å². The summed E-state index contributed by atoms with van der Waals surface area (Å²) in [6, 6.07) is 10.5. The van der Waals surface area contributed by atoms with Crippen molar-refractivity contribution < 1.29 is 31.5 Å². The van der Waals surface area contributed by atoms with E-state index in [1.807, 2.05) is 6.08 Å². The summed E-state index contributed by atoms with van der Waals surface area (Å²) in [6.07, 6.45) is 0.271. The number of ether oxygens (including phenoxy) is 1. The van der Waals surface area contributed by atoms with Crippen molar-refractivity contribution >= 4 is 34.6 Å². The number of hydrogen-bond acceptors (Lipinski definition) is 4. The minimum absolute atomic E-state index is 0.0103. The van der Waals surface area contributed by atoms with Crippen LogP contribution in [0.3, 0.4) is 0 Å². The van der Waals surface area contributed by atoms with E-state index in [0.29, 0.717) is 53.3 Å². The van der Waals surface area contributed by atoms with Crippen LogP contribution in [0, 0.1) is 11.8 Å². The Morgan fingerprint density at radius 2 is 1.95 bits per heavy atom. The molecule has 0 atom stereocenters. The van der Waals surface area contributed by atoms with Gasteiger partial charge in [0.25, 0.3) is 0 Å². The maximum absolute atomic E-state index is 14.1. The second-order valence-electron chi connectivity index (χ2n) is 9.19. The van der Waals surface area contributed by atoms with Crippen LogP contribution in [-0.2, 0) is 19.5 Å². The molecule has 0 saturated heterocycles. The van der Waals surface area contributed by atoms with Crippen molar-refractivity contribution in [3.05, 3.63) is 100.0 Å². The van der Waals surface area contributed by atoms with Gasteiger partial charge in [0.05, 0.1) is 5.52 Å². The van der Waals surface area contributed by atoms with E-state index in [-0.39, 0.29) is 12.1 Å². The molecule has 0 aliphatic carbocycles. The minimum atomic E-state index is -4.90. The van der Waals surface area contributed by atoms with E-state index in [9.17, 15) is 26.7 Å². The number of alkyl halides is 3. The fraction of sp³-hybridized carbons (Fsp3) is 0.214. The van der Waals surface area contributed by atoms with Crippen molar-refractivity contribution in [3.8, 4) is 5.75 Å². The summed E-state index contributed by atoms with van der Waals surface area (Å²) in [5.41, 5.74) is 2.56. The second-order valence-corrected chi connectivity index (χ2v) is 9.62. The molecule has 6 nitrogen and oxygen atoms in total. The summed E-state index contributed by atoms with van der Waals surface area (Å²) in [6.45, 7) is 1.42. The number of fused-ring (bicyclic) bond motifs is 3. The highest BCUT2D eigenvalue weighted by atomic mass is 35.5. The third-order valence-corrected chi connectivity index (χ3v) is 6.73. The van der Waals surface area contributed by atoms with E-state index >= 15 is 0 Å². The monoisotopic (exact) mass is 576 g/mol. The number of rotatable bonds is 6. The average Bonchev–Trinajstić information content (AvgIpc) is 3.20. The van der Waals surface area contributed by atoms with Gasteiger partial charge in [-0.2, -0.15) is 4.39 Å². The fourth-order valence-corrected chi connectivity index (χ4v) is 4.91. The third kappa shape index (κ3) is 6.26. The van der Waals surface area contributed by atoms with Crippen LogP contribution in [-0.4, -0.2) is 39.9 Å². The zero-order valence-corrected chi connectivity index (χ0v) is 21.6. The molecule has 3 heterocycles. The molecule has 40 heavy (non-hydrogen) atoms. The number of aromatic nitrogens is 2. The highest BCUT2D eigenvalue weighted by Crippen LogP contribution is 2.34. The first kappa shape index (κ1) is 27.6. The molecule has 4 aromatic rings. The smallest absolute Gasteiger partial charge is 0.406 e. The molecule has 0 saturated carbocycles. The number of benzene rings is 2. The average molecular weight is 577 g/mol. The van der Waals surface area contributed by atoms with Crippen molar-refractivity contribution in [2.45, 2.75) is 25.9 Å². The van der Waals surface area contributed by atoms with Crippen LogP contribution in [0.5, 0.6) is 5.75 Å². The zero-order valence-electron chi connectivity index (χ0n) is 20.8. The van der Waals surface area contributed by atoms with E-state index in [1.54, 1.807) is 24.3 Å². The largest absolute Gasteiger partial charge is 0.573 e. The van der Waals surface area contributed by atoms with Gasteiger partial charge in [-0.15, -0.1) is 13.2 Å². The summed E-state index contributed by atoms with van der Waals surface area (Å²) >= 11 is 5.81. The van der Waals surface area contributed by atoms with Crippen LogP contribution in [0.25, 0.3) is 17.0 Å². The Labute approximate surface area is 230 Å². The molecule has 5 rings (SSSR count). The van der Waals surface area contributed by atoms with Gasteiger partial charge < -0.3 is 10.1 Å². The van der Waals surface area contributed by atoms with Gasteiger partial charge in [-0.1, -0.05) is 29.8 Å². The highest BCUT2D eigenvalue weighted by molar-refractivity contribution is 6.30. The Morgan fingerprint density at radius 1 is 1.12 bits per heavy atom. The lowest BCUT2D eigenvalue weighted by Gasteiger charge is -2.27. The number of hydrogen-bond donors (Lipinski definition) is 1. The Balaban J connectivity index is 1.42. The maximum Gasteiger partial charge on any atom is 0.573 e. The van der Waals surface area contributed by atoms with Crippen LogP contribution < -0.4 is 10.1 Å². The minimum Gasteiger partial charge on any atom is -0.406 e. The van der Waals surface area contributed by atoms with Gasteiger partial charge in [0, 0.05) is 66.5 Å². The topological polar surface area (TPSA) is 59.4 Å². The predicted molar refractivity (Wildman–Crippen MR) is 140 cm³/mol. The lowest BCUT2D eigenvalue weighted by atomic mass is 10.0. The lowest BCUT2D eigenvalue weighted by molar-refractivity contribution is -0.274. The van der Waals surface area contributed by atoms with Crippen LogP contribution in [0.4, 0.5) is 26.7 Å². The van der Waals surface area contributed by atoms with Crippen molar-refractivity contribution in [2.75, 3.05) is 13.1 Å². The summed E-state index contributed by atoms with van der Waals surface area (Å²) in [4.78, 5) is 18.9. The highest BCUT2D eigenvalue weighted by Gasteiger charge is 2.32. The first-order valence-electron chi connectivity index (χ1n) is 12.2. The number of carbonyl (C=O) groups excluding carboxylic acids is 1. The van der Waals surface area contributed by atoms with Crippen molar-refractivity contribution in [2.24, 2.45) is 0 Å². The fourth-order valence-electron chi connectivity index (χ4n) is 4.75. The Bertz CT molecular complexity index is 1600. The molecular formula is C28H22ClF5N4O2. The molecule has 1 amide bonds. The molecule has 1 aliphatic rings. The zero-order chi connectivity index (χ0) is 28.4. The molecule has 0 spiro atoms. The molecule has 0 fully saturated rings. The molecule has 1 aliphatic heterocycles. The molecular weight excluding hydrogens is 555 g/mol. The maximum atomic E-state index is 14.1. The third-order valence-electron chi connectivity index (χ3n) is 6.49. The quantitative estimate of drug-likeness (QED) is 0.205. The molecule has 208 valence electrons. The Kier molecular flexibility index (Phi) is 7.77. The van der Waals surface area contributed by atoms with E-state index in [0.717, 1.165) is 5.56 Å². The number of nitrogens with one attached hydrogen (secondary N) is 1. The second kappa shape index (κ2) is 11.3. The van der Waals surface area contributed by atoms with Gasteiger partial charge in [0.1, 0.15) is 11.6 Å². The molecule has 0 radical (unpaired) electrons. The van der Waals surface area contributed by atoms with Gasteiger partial charge in [-0.25, -0.2) is 14.2 Å². The molecule has 1 N–H and O–H groups in total. The van der Waals surface area contributed by atoms with Crippen LogP contribution in [0.15, 0.2) is 60.8 Å². The van der Waals surface area contributed by atoms with Crippen LogP contribution >= 0.6 is 11.6 Å². The molecule has 2 aromatic heterocycles. The normalized spacial score (nSPS) is 14.1. The van der Waals surface area contributed by atoms with Crippen molar-refractivity contribution in [3.63, 3.8) is 0 Å². The molecule has 12 heteroatoms. The van der Waals surface area contributed by atoms with Gasteiger partial charge in [0.2, 0.25) is 5.95 Å². The molecule has 2 aromatic carbocycles. The Hall–Kier alpha value is -3.96. The number of nitrogens with zero attached hydrogens (tertiary/aromatic N) is 3. The standard InChI is InChI=1S/C28H22ClF5N4O2/c29-19-4-3-18(23(30)13-19)2-1-10-37-11-8-24-22(16-37)21-6-5-20(40-28(32,33)34)14-25(21)38(24)27(39)36-15-17-7-9-35-26(31)12-17/h1-7,9,12-14H,8,10-11,15-16H2,(H,36,39). The van der Waals surface area contributed by atoms with Crippen molar-refractivity contribution in [1.82, 2.24) is 19.8 Å². The SMILES string of the molecule is O=C(NCc1ccnc(F)c1)n1c2c(c3ccc(OC(F)(F)F)cc31)CN(CC=Cc1ccc(Cl)cc1F)CC2. The molecule has 0 unspecified atom stereocenters. The summed E-state index contributed by atoms with van der Waals surface area (Å²) in [7, 11) is 0. The van der Waals surface area contributed by atoms with Gasteiger partial charge in [-0.05, 0) is 47.5 Å². The van der Waals surface area contributed by atoms with E-state index in [4.69, 9.17) is 11.6 Å². The van der Waals surface area contributed by atoms with Crippen LogP contribution in [0.1, 0.15) is 22.4 Å². The van der Waals surface area contributed by atoms with Crippen LogP contribution in [0.2, 0.25) is 5.02 Å². The molecule has 0 bridgehead atoms. The lowest BCUT2D eigenvalue weighted by Crippen LogP contribution is -2.34. The van der Waals surface area contributed by atoms with E-state index < -0.39 is 29.9 Å². The number of amides is 1. The number of pyridine rings is 1.